The molecule has 3 amide bonds. The Labute approximate surface area is 137 Å². The number of primary amides is 1. The Morgan fingerprint density at radius 2 is 1.88 bits per heavy atom. The number of carbonyl (C=O) groups excluding carboxylic acids is 3. The van der Waals surface area contributed by atoms with Gasteiger partial charge in [0.15, 0.2) is 6.10 Å². The zero-order chi connectivity index (χ0) is 17.5. The summed E-state index contributed by atoms with van der Waals surface area (Å²) in [6, 6.07) is 11.1. The lowest BCUT2D eigenvalue weighted by molar-refractivity contribution is -0.127. The normalized spacial score (nSPS) is 11.4. The molecular formula is C16H16N2O6. The van der Waals surface area contributed by atoms with E-state index >= 15 is 0 Å². The van der Waals surface area contributed by atoms with Gasteiger partial charge in [0.2, 0.25) is 5.76 Å². The number of imide groups is 1. The average molecular weight is 332 g/mol. The first-order valence-corrected chi connectivity index (χ1v) is 7.03. The summed E-state index contributed by atoms with van der Waals surface area (Å²) in [5.74, 6) is -0.668. The third kappa shape index (κ3) is 4.87. The number of ether oxygens (including phenoxy) is 2. The second-order valence-electron chi connectivity index (χ2n) is 4.77. The largest absolute Gasteiger partial charge is 0.486 e. The van der Waals surface area contributed by atoms with Crippen LogP contribution < -0.4 is 15.8 Å². The molecule has 3 N–H and O–H groups in total. The van der Waals surface area contributed by atoms with E-state index in [1.807, 2.05) is 23.5 Å². The number of hydrogen-bond acceptors (Lipinski definition) is 6. The van der Waals surface area contributed by atoms with Crippen molar-refractivity contribution in [1.82, 2.24) is 5.32 Å². The van der Waals surface area contributed by atoms with Crippen LogP contribution in [0, 0.1) is 0 Å². The fraction of sp³-hybridized carbons (Fsp3) is 0.188. The van der Waals surface area contributed by atoms with Crippen LogP contribution in [0.15, 0.2) is 46.9 Å². The van der Waals surface area contributed by atoms with Crippen LogP contribution in [0.2, 0.25) is 0 Å². The predicted octanol–water partition coefficient (Wildman–Crippen LogP) is 1.60. The van der Waals surface area contributed by atoms with E-state index in [9.17, 15) is 14.4 Å². The minimum Gasteiger partial charge on any atom is -0.486 e. The number of nitrogens with one attached hydrogen (secondary N) is 1. The molecule has 24 heavy (non-hydrogen) atoms. The maximum atomic E-state index is 11.9. The van der Waals surface area contributed by atoms with Crippen LogP contribution in [0.3, 0.4) is 0 Å². The van der Waals surface area contributed by atoms with E-state index in [-0.39, 0.29) is 12.4 Å². The Morgan fingerprint density at radius 1 is 1.17 bits per heavy atom. The van der Waals surface area contributed by atoms with Crippen LogP contribution in [-0.2, 0) is 16.1 Å². The Bertz CT molecular complexity index is 725. The number of furan rings is 1. The number of hydrogen-bond donors (Lipinski definition) is 2. The molecule has 8 nitrogen and oxygen atoms in total. The molecule has 1 atom stereocenters. The smallest absolute Gasteiger partial charge is 0.375 e. The van der Waals surface area contributed by atoms with E-state index in [0.717, 1.165) is 0 Å². The molecule has 2 rings (SSSR count). The van der Waals surface area contributed by atoms with Crippen molar-refractivity contribution < 1.29 is 28.3 Å². The summed E-state index contributed by atoms with van der Waals surface area (Å²) in [7, 11) is 0. The van der Waals surface area contributed by atoms with Gasteiger partial charge in [-0.15, -0.1) is 0 Å². The SMILES string of the molecule is C[C@H](OC(=O)c1ccc(COc2ccccc2)o1)C(=O)NC(N)=O. The van der Waals surface area contributed by atoms with Crippen molar-refractivity contribution in [1.29, 1.82) is 0 Å². The molecule has 8 heteroatoms. The van der Waals surface area contributed by atoms with Crippen LogP contribution in [0.4, 0.5) is 4.79 Å². The molecule has 0 fully saturated rings. The molecule has 0 aliphatic rings. The number of benzene rings is 1. The number of esters is 1. The maximum Gasteiger partial charge on any atom is 0.375 e. The van der Waals surface area contributed by atoms with Crippen molar-refractivity contribution in [3.63, 3.8) is 0 Å². The summed E-state index contributed by atoms with van der Waals surface area (Å²) >= 11 is 0. The number of amides is 3. The van der Waals surface area contributed by atoms with Crippen molar-refractivity contribution in [2.24, 2.45) is 5.73 Å². The third-order valence-corrected chi connectivity index (χ3v) is 2.89. The summed E-state index contributed by atoms with van der Waals surface area (Å²) < 4.78 is 15.7. The van der Waals surface area contributed by atoms with Crippen LogP contribution in [0.5, 0.6) is 5.75 Å². The molecule has 0 saturated heterocycles. The molecular weight excluding hydrogens is 316 g/mol. The number of urea groups is 1. The third-order valence-electron chi connectivity index (χ3n) is 2.89. The second kappa shape index (κ2) is 7.82. The van der Waals surface area contributed by atoms with Gasteiger partial charge in [0.05, 0.1) is 0 Å². The van der Waals surface area contributed by atoms with Crippen molar-refractivity contribution in [2.45, 2.75) is 19.6 Å². The first-order valence-electron chi connectivity index (χ1n) is 7.03. The lowest BCUT2D eigenvalue weighted by atomic mass is 10.3. The monoisotopic (exact) mass is 332 g/mol. The summed E-state index contributed by atoms with van der Waals surface area (Å²) in [5, 5.41) is 1.82. The van der Waals surface area contributed by atoms with E-state index in [2.05, 4.69) is 0 Å². The first kappa shape index (κ1) is 17.1. The molecule has 0 spiro atoms. The predicted molar refractivity (Wildman–Crippen MR) is 82.1 cm³/mol. The zero-order valence-corrected chi connectivity index (χ0v) is 12.9. The van der Waals surface area contributed by atoms with Gasteiger partial charge in [-0.3, -0.25) is 10.1 Å². The number of rotatable bonds is 6. The minimum atomic E-state index is -1.20. The molecule has 0 aliphatic heterocycles. The van der Waals surface area contributed by atoms with E-state index in [1.54, 1.807) is 18.2 Å². The molecule has 0 saturated carbocycles. The van der Waals surface area contributed by atoms with Crippen molar-refractivity contribution in [3.8, 4) is 5.75 Å². The summed E-state index contributed by atoms with van der Waals surface area (Å²) in [5.41, 5.74) is 4.81. The standard InChI is InChI=1S/C16H16N2O6/c1-10(14(19)18-16(17)21)23-15(20)13-8-7-12(24-13)9-22-11-5-3-2-4-6-11/h2-8,10H,9H2,1H3,(H3,17,18,19,21)/t10-/m0/s1. The topological polar surface area (TPSA) is 121 Å². The molecule has 2 aromatic rings. The minimum absolute atomic E-state index is 0.0830. The zero-order valence-electron chi connectivity index (χ0n) is 12.9. The molecule has 0 radical (unpaired) electrons. The summed E-state index contributed by atoms with van der Waals surface area (Å²) in [4.78, 5) is 33.9. The number of carbonyl (C=O) groups is 3. The van der Waals surface area contributed by atoms with Crippen LogP contribution in [-0.4, -0.2) is 24.0 Å². The molecule has 1 aromatic heterocycles. The van der Waals surface area contributed by atoms with E-state index in [0.29, 0.717) is 11.5 Å². The fourth-order valence-corrected chi connectivity index (χ4v) is 1.73. The summed E-state index contributed by atoms with van der Waals surface area (Å²) in [6.45, 7) is 1.44. The van der Waals surface area contributed by atoms with Crippen LogP contribution in [0.1, 0.15) is 23.2 Å². The Kier molecular flexibility index (Phi) is 5.56. The van der Waals surface area contributed by atoms with Crippen LogP contribution in [0.25, 0.3) is 0 Å². The molecule has 1 aromatic carbocycles. The maximum absolute atomic E-state index is 11.9. The van der Waals surface area contributed by atoms with Crippen molar-refractivity contribution >= 4 is 17.9 Å². The van der Waals surface area contributed by atoms with Gasteiger partial charge in [-0.05, 0) is 31.2 Å². The van der Waals surface area contributed by atoms with Gasteiger partial charge < -0.3 is 19.6 Å². The van der Waals surface area contributed by atoms with E-state index in [1.165, 1.54) is 13.0 Å². The van der Waals surface area contributed by atoms with Gasteiger partial charge in [0.1, 0.15) is 18.1 Å². The number of nitrogens with two attached hydrogens (primary N) is 1. The van der Waals surface area contributed by atoms with Crippen molar-refractivity contribution in [2.75, 3.05) is 0 Å². The van der Waals surface area contributed by atoms with Gasteiger partial charge in [0.25, 0.3) is 5.91 Å². The average Bonchev–Trinajstić information content (AvgIpc) is 3.02. The van der Waals surface area contributed by atoms with Gasteiger partial charge in [-0.25, -0.2) is 9.59 Å². The second-order valence-corrected chi connectivity index (χ2v) is 4.77. The lowest BCUT2D eigenvalue weighted by Crippen LogP contribution is -2.42. The molecule has 0 unspecified atom stereocenters. The highest BCUT2D eigenvalue weighted by Gasteiger charge is 2.22. The van der Waals surface area contributed by atoms with E-state index in [4.69, 9.17) is 19.6 Å². The molecule has 0 bridgehead atoms. The molecule has 126 valence electrons. The number of para-hydroxylation sites is 1. The summed E-state index contributed by atoms with van der Waals surface area (Å²) in [6.07, 6.45) is -1.20. The fourth-order valence-electron chi connectivity index (χ4n) is 1.73. The van der Waals surface area contributed by atoms with Crippen molar-refractivity contribution in [3.05, 3.63) is 54.0 Å². The van der Waals surface area contributed by atoms with Gasteiger partial charge in [-0.2, -0.15) is 0 Å². The van der Waals surface area contributed by atoms with Crippen LogP contribution >= 0.6 is 0 Å². The Hall–Kier alpha value is -3.29. The molecule has 0 aliphatic carbocycles. The quantitative estimate of drug-likeness (QED) is 0.775. The van der Waals surface area contributed by atoms with Gasteiger partial charge in [0, 0.05) is 0 Å². The highest BCUT2D eigenvalue weighted by atomic mass is 16.6. The Morgan fingerprint density at radius 3 is 2.54 bits per heavy atom. The lowest BCUT2D eigenvalue weighted by Gasteiger charge is -2.10. The van der Waals surface area contributed by atoms with Gasteiger partial charge in [-0.1, -0.05) is 18.2 Å². The highest BCUT2D eigenvalue weighted by molar-refractivity contribution is 5.97. The van der Waals surface area contributed by atoms with E-state index < -0.39 is 24.0 Å². The first-order chi connectivity index (χ1) is 11.5. The Balaban J connectivity index is 1.88. The highest BCUT2D eigenvalue weighted by Crippen LogP contribution is 2.15. The molecule has 1 heterocycles. The van der Waals surface area contributed by atoms with Gasteiger partial charge >= 0.3 is 12.0 Å².